The van der Waals surface area contributed by atoms with Crippen molar-refractivity contribution in [3.63, 3.8) is 0 Å². The molecule has 0 bridgehead atoms. The molecular weight excluding hydrogens is 692 g/mol. The molecule has 4 heterocycles. The molecule has 4 aliphatic carbocycles. The summed E-state index contributed by atoms with van der Waals surface area (Å²) in [5, 5.41) is 84.5. The van der Waals surface area contributed by atoms with E-state index in [0.29, 0.717) is 54.3 Å². The van der Waals surface area contributed by atoms with E-state index < -0.39 is 92.6 Å². The Bertz CT molecular complexity index is 1290. The maximum Gasteiger partial charge on any atom is 0.187 e. The Morgan fingerprint density at radius 2 is 1.40 bits per heavy atom. The number of ether oxygens (including phenoxy) is 6. The first-order valence-electron chi connectivity index (χ1n) is 20.4. The van der Waals surface area contributed by atoms with Crippen LogP contribution in [0.25, 0.3) is 0 Å². The van der Waals surface area contributed by atoms with Crippen molar-refractivity contribution in [2.45, 2.75) is 171 Å². The molecule has 0 aromatic heterocycles. The summed E-state index contributed by atoms with van der Waals surface area (Å²) in [4.78, 5) is 0. The summed E-state index contributed by atoms with van der Waals surface area (Å²) in [6.07, 6.45) is -7.80. The topological polar surface area (TPSA) is 217 Å². The van der Waals surface area contributed by atoms with Gasteiger partial charge in [0.05, 0.1) is 38.1 Å². The van der Waals surface area contributed by atoms with Crippen LogP contribution in [0.3, 0.4) is 0 Å². The van der Waals surface area contributed by atoms with E-state index in [2.05, 4.69) is 27.7 Å². The predicted octanol–water partition coefficient (Wildman–Crippen LogP) is 0.413. The molecule has 8 aliphatic rings. The van der Waals surface area contributed by atoms with Crippen molar-refractivity contribution in [2.75, 3.05) is 19.8 Å². The highest BCUT2D eigenvalue weighted by Crippen LogP contribution is 2.71. The Morgan fingerprint density at radius 3 is 2.09 bits per heavy atom. The van der Waals surface area contributed by atoms with Crippen LogP contribution in [0.15, 0.2) is 0 Å². The molecule has 53 heavy (non-hydrogen) atoms. The number of aliphatic hydroxyl groups is 8. The lowest BCUT2D eigenvalue weighted by atomic mass is 9.44. The fourth-order valence-electron chi connectivity index (χ4n) is 13.3. The third-order valence-electron chi connectivity index (χ3n) is 16.2. The molecule has 304 valence electrons. The van der Waals surface area contributed by atoms with Crippen molar-refractivity contribution in [1.82, 2.24) is 0 Å². The summed E-state index contributed by atoms with van der Waals surface area (Å²) in [5.74, 6) is 2.90. The lowest BCUT2D eigenvalue weighted by Crippen LogP contribution is -2.65. The normalized spacial score (nSPS) is 59.5. The number of aliphatic hydroxyl groups excluding tert-OH is 8. The summed E-state index contributed by atoms with van der Waals surface area (Å²) in [5.41, 5.74) is 0.118. The van der Waals surface area contributed by atoms with E-state index in [1.54, 1.807) is 0 Å². The van der Waals surface area contributed by atoms with Crippen molar-refractivity contribution >= 4 is 0 Å². The molecule has 14 nitrogen and oxygen atoms in total. The van der Waals surface area contributed by atoms with Gasteiger partial charge >= 0.3 is 0 Å². The third-order valence-corrected chi connectivity index (χ3v) is 16.2. The zero-order valence-electron chi connectivity index (χ0n) is 31.6. The fraction of sp³-hybridized carbons (Fsp3) is 1.00. The molecule has 14 heteroatoms. The summed E-state index contributed by atoms with van der Waals surface area (Å²) in [7, 11) is 0. The number of hydrogen-bond donors (Lipinski definition) is 8. The monoisotopic (exact) mass is 756 g/mol. The zero-order valence-corrected chi connectivity index (χ0v) is 31.6. The van der Waals surface area contributed by atoms with Crippen LogP contribution in [0.2, 0.25) is 0 Å². The molecule has 0 radical (unpaired) electrons. The van der Waals surface area contributed by atoms with E-state index in [1.807, 2.05) is 0 Å². The minimum absolute atomic E-state index is 0.0823. The highest BCUT2D eigenvalue weighted by molar-refractivity contribution is 5.16. The third kappa shape index (κ3) is 6.20. The molecule has 4 saturated heterocycles. The first-order chi connectivity index (χ1) is 25.2. The van der Waals surface area contributed by atoms with Gasteiger partial charge in [0, 0.05) is 12.3 Å². The Morgan fingerprint density at radius 1 is 0.698 bits per heavy atom. The van der Waals surface area contributed by atoms with Crippen molar-refractivity contribution < 1.29 is 69.3 Å². The van der Waals surface area contributed by atoms with E-state index in [0.717, 1.165) is 51.6 Å². The quantitative estimate of drug-likeness (QED) is 0.173. The number of hydrogen-bond acceptors (Lipinski definition) is 14. The second-order valence-electron chi connectivity index (χ2n) is 18.9. The molecule has 8 N–H and O–H groups in total. The molecule has 0 amide bonds. The molecule has 1 spiro atoms. The van der Waals surface area contributed by atoms with Crippen molar-refractivity contribution in [1.29, 1.82) is 0 Å². The van der Waals surface area contributed by atoms with Crippen LogP contribution in [0, 0.1) is 52.3 Å². The van der Waals surface area contributed by atoms with Gasteiger partial charge in [-0.2, -0.15) is 0 Å². The van der Waals surface area contributed by atoms with Gasteiger partial charge in [-0.05, 0) is 97.7 Å². The maximum atomic E-state index is 11.7. The van der Waals surface area contributed by atoms with Crippen LogP contribution in [0.4, 0.5) is 0 Å². The van der Waals surface area contributed by atoms with Crippen molar-refractivity contribution in [3.05, 3.63) is 0 Å². The molecule has 0 aromatic rings. The zero-order chi connectivity index (χ0) is 37.8. The minimum Gasteiger partial charge on any atom is -0.394 e. The highest BCUT2D eigenvalue weighted by Gasteiger charge is 2.69. The van der Waals surface area contributed by atoms with Gasteiger partial charge < -0.3 is 69.3 Å². The average Bonchev–Trinajstić information content (AvgIpc) is 3.58. The van der Waals surface area contributed by atoms with Crippen LogP contribution in [0.1, 0.15) is 85.5 Å². The number of fused-ring (bicyclic) bond motifs is 7. The van der Waals surface area contributed by atoms with E-state index in [-0.39, 0.29) is 16.9 Å². The van der Waals surface area contributed by atoms with E-state index >= 15 is 0 Å². The van der Waals surface area contributed by atoms with Gasteiger partial charge in [-0.3, -0.25) is 0 Å². The first kappa shape index (κ1) is 39.3. The smallest absolute Gasteiger partial charge is 0.187 e. The van der Waals surface area contributed by atoms with Crippen LogP contribution >= 0.6 is 0 Å². The molecule has 2 unspecified atom stereocenters. The van der Waals surface area contributed by atoms with Crippen LogP contribution < -0.4 is 0 Å². The first-order valence-corrected chi connectivity index (χ1v) is 20.4. The minimum atomic E-state index is -1.75. The van der Waals surface area contributed by atoms with E-state index in [9.17, 15) is 40.9 Å². The second kappa shape index (κ2) is 14.4. The molecule has 0 aromatic carbocycles. The van der Waals surface area contributed by atoms with E-state index in [1.165, 1.54) is 0 Å². The summed E-state index contributed by atoms with van der Waals surface area (Å²) >= 11 is 0. The fourth-order valence-corrected chi connectivity index (χ4v) is 13.3. The van der Waals surface area contributed by atoms with Crippen molar-refractivity contribution in [2.24, 2.45) is 52.3 Å². The molecular formula is C39H64O14. The van der Waals surface area contributed by atoms with Gasteiger partial charge in [-0.1, -0.05) is 27.7 Å². The van der Waals surface area contributed by atoms with E-state index in [4.69, 9.17) is 28.4 Å². The Kier molecular flexibility index (Phi) is 10.6. The summed E-state index contributed by atoms with van der Waals surface area (Å²) in [6, 6.07) is 0. The average molecular weight is 757 g/mol. The second-order valence-corrected chi connectivity index (χ2v) is 18.9. The largest absolute Gasteiger partial charge is 0.394 e. The molecule has 23 atom stereocenters. The maximum absolute atomic E-state index is 11.7. The van der Waals surface area contributed by atoms with Gasteiger partial charge in [0.25, 0.3) is 0 Å². The lowest BCUT2D eigenvalue weighted by molar-refractivity contribution is -0.366. The van der Waals surface area contributed by atoms with Crippen molar-refractivity contribution in [3.8, 4) is 0 Å². The molecule has 4 saturated carbocycles. The molecule has 8 rings (SSSR count). The molecule has 8 fully saturated rings. The number of rotatable bonds is 6. The summed E-state index contributed by atoms with van der Waals surface area (Å²) in [6.45, 7) is 8.96. The summed E-state index contributed by atoms with van der Waals surface area (Å²) < 4.78 is 36.7. The Labute approximate surface area is 312 Å². The van der Waals surface area contributed by atoms with Crippen LogP contribution in [-0.4, -0.2) is 146 Å². The standard InChI is InChI=1S/C39H64O14/c1-17-7-10-39(48-16-17)18(2)28-25(53-39)12-22-20-6-5-19-11-24(23(42)13-38(19,4)21(20)8-9-37(22,28)3)49-35-33(47)31(45)34(27(15-41)51-35)52-36-32(46)30(44)29(43)26(14-40)50-36/h17-36,40-47H,5-16H2,1-4H3/t17-,18+,19+,20-,21+,22+,23-,24-,25?,26-,27-,28?,29-,30+,31-,32-,33-,34+,35-,36+,37+,38+,39-/m1/s1. The van der Waals surface area contributed by atoms with Crippen LogP contribution in [0.5, 0.6) is 0 Å². The molecule has 4 aliphatic heterocycles. The van der Waals surface area contributed by atoms with Gasteiger partial charge in [-0.25, -0.2) is 0 Å². The van der Waals surface area contributed by atoms with Gasteiger partial charge in [0.1, 0.15) is 48.8 Å². The van der Waals surface area contributed by atoms with Crippen LogP contribution in [-0.2, 0) is 28.4 Å². The Balaban J connectivity index is 0.912. The van der Waals surface area contributed by atoms with Gasteiger partial charge in [-0.15, -0.1) is 0 Å². The predicted molar refractivity (Wildman–Crippen MR) is 184 cm³/mol. The lowest BCUT2D eigenvalue weighted by Gasteiger charge is -2.62. The SMILES string of the molecule is C[C@@H]1CC[C@@]2(OC1)OC1C[C@H]3[C@@H]4CC[C@H]5C[C@@H](O[C@@H]6O[C@H](CO)[C@H](O[C@@H]7O[C@H](CO)[C@@H](O)[C@H](O)[C@H]7O)[C@H](O)[C@H]6O)[C@H](O)C[C@]5(C)[C@H]4CC[C@]3(C)C1[C@@H]2C. The highest BCUT2D eigenvalue weighted by atomic mass is 16.7. The van der Waals surface area contributed by atoms with Gasteiger partial charge in [0.15, 0.2) is 18.4 Å². The van der Waals surface area contributed by atoms with Gasteiger partial charge in [0.2, 0.25) is 0 Å². The Hall–Kier alpha value is -0.560.